The third-order valence-electron chi connectivity index (χ3n) is 5.24. The summed E-state index contributed by atoms with van der Waals surface area (Å²) in [6, 6.07) is 14.0. The molecule has 4 rings (SSSR count). The summed E-state index contributed by atoms with van der Waals surface area (Å²) in [5, 5.41) is 16.6. The van der Waals surface area contributed by atoms with E-state index in [0.29, 0.717) is 23.5 Å². The topological polar surface area (TPSA) is 109 Å². The smallest absolute Gasteiger partial charge is 0.269 e. The summed E-state index contributed by atoms with van der Waals surface area (Å²) in [4.78, 5) is 37.3. The molecule has 1 aliphatic rings. The van der Waals surface area contributed by atoms with Crippen LogP contribution in [0.2, 0.25) is 0 Å². The second kappa shape index (κ2) is 9.03. The molecule has 1 aliphatic heterocycles. The molecule has 0 saturated heterocycles. The number of hydrazone groups is 1. The van der Waals surface area contributed by atoms with Crippen LogP contribution in [0.15, 0.2) is 76.4 Å². The minimum absolute atomic E-state index is 0.0506. The van der Waals surface area contributed by atoms with E-state index in [4.69, 9.17) is 4.42 Å². The summed E-state index contributed by atoms with van der Waals surface area (Å²) in [6.45, 7) is -0.288. The average Bonchev–Trinajstić information content (AvgIpc) is 3.48. The van der Waals surface area contributed by atoms with Gasteiger partial charge in [0.25, 0.3) is 17.5 Å². The predicted octanol–water partition coefficient (Wildman–Crippen LogP) is 3.78. The normalized spacial score (nSPS) is 15.3. The van der Waals surface area contributed by atoms with Gasteiger partial charge in [-0.05, 0) is 48.0 Å². The number of hydrogen-bond donors (Lipinski definition) is 0. The van der Waals surface area contributed by atoms with Gasteiger partial charge in [-0.25, -0.2) is 9.40 Å². The van der Waals surface area contributed by atoms with Crippen molar-refractivity contribution in [1.82, 2.24) is 9.91 Å². The minimum atomic E-state index is -0.546. The van der Waals surface area contributed by atoms with Gasteiger partial charge in [0.15, 0.2) is 0 Å². The van der Waals surface area contributed by atoms with Crippen LogP contribution in [0.25, 0.3) is 0 Å². The van der Waals surface area contributed by atoms with E-state index in [1.807, 2.05) is 0 Å². The minimum Gasteiger partial charge on any atom is -0.467 e. The van der Waals surface area contributed by atoms with Gasteiger partial charge < -0.3 is 9.32 Å². The Kier molecular flexibility index (Phi) is 5.99. The number of rotatable bonds is 6. The molecule has 9 nitrogen and oxygen atoms in total. The molecule has 3 aromatic rings. The van der Waals surface area contributed by atoms with Gasteiger partial charge >= 0.3 is 0 Å². The largest absolute Gasteiger partial charge is 0.467 e. The van der Waals surface area contributed by atoms with E-state index in [-0.39, 0.29) is 17.8 Å². The summed E-state index contributed by atoms with van der Waals surface area (Å²) in [5.41, 5.74) is 1.27. The highest BCUT2D eigenvalue weighted by atomic mass is 19.1. The van der Waals surface area contributed by atoms with Crippen LogP contribution in [0.5, 0.6) is 0 Å². The summed E-state index contributed by atoms with van der Waals surface area (Å²) in [6.07, 6.45) is 1.82. The molecule has 2 heterocycles. The quantitative estimate of drug-likeness (QED) is 0.419. The zero-order valence-corrected chi connectivity index (χ0v) is 17.6. The van der Waals surface area contributed by atoms with Crippen LogP contribution in [0, 0.1) is 15.9 Å². The van der Waals surface area contributed by atoms with Gasteiger partial charge in [-0.1, -0.05) is 6.07 Å². The Hall–Kier alpha value is -4.34. The number of halogens is 1. The lowest BCUT2D eigenvalue weighted by Crippen LogP contribution is -2.39. The predicted molar refractivity (Wildman–Crippen MR) is 116 cm³/mol. The zero-order chi connectivity index (χ0) is 23.5. The molecule has 0 spiro atoms. The summed E-state index contributed by atoms with van der Waals surface area (Å²) in [7, 11) is 1.45. The molecule has 2 amide bonds. The Bertz CT molecular complexity index is 1220. The number of furan rings is 1. The number of nitro benzene ring substituents is 1. The van der Waals surface area contributed by atoms with Gasteiger partial charge in [-0.2, -0.15) is 5.10 Å². The molecule has 0 fully saturated rings. The van der Waals surface area contributed by atoms with E-state index >= 15 is 0 Å². The summed E-state index contributed by atoms with van der Waals surface area (Å²) >= 11 is 0. The van der Waals surface area contributed by atoms with E-state index in [0.717, 1.165) is 6.07 Å². The van der Waals surface area contributed by atoms with Crippen LogP contribution >= 0.6 is 0 Å². The number of amides is 2. The van der Waals surface area contributed by atoms with Gasteiger partial charge in [0.1, 0.15) is 24.2 Å². The van der Waals surface area contributed by atoms with Crippen molar-refractivity contribution in [2.75, 3.05) is 13.6 Å². The standard InChI is InChI=1S/C23H19FN4O5/c1-26(23(30)16-4-2-5-17(24)12-16)14-22(29)27-20(21-6-3-11-33-21)13-19(25-27)15-7-9-18(10-8-15)28(31)32/h2-12,20H,13-14H2,1H3/t20-/m1/s1. The number of likely N-dealkylation sites (N-methyl/N-ethyl adjacent to an activating group) is 1. The van der Waals surface area contributed by atoms with Crippen molar-refractivity contribution in [3.8, 4) is 0 Å². The van der Waals surface area contributed by atoms with Crippen LogP contribution < -0.4 is 0 Å². The first-order chi connectivity index (χ1) is 15.8. The monoisotopic (exact) mass is 450 g/mol. The van der Waals surface area contributed by atoms with Gasteiger partial charge in [0.05, 0.1) is 16.9 Å². The highest BCUT2D eigenvalue weighted by Crippen LogP contribution is 2.33. The molecule has 1 atom stereocenters. The van der Waals surface area contributed by atoms with Gasteiger partial charge in [0.2, 0.25) is 0 Å². The van der Waals surface area contributed by atoms with Gasteiger partial charge in [-0.3, -0.25) is 19.7 Å². The van der Waals surface area contributed by atoms with Crippen LogP contribution in [0.1, 0.15) is 34.1 Å². The van der Waals surface area contributed by atoms with Gasteiger partial charge in [-0.15, -0.1) is 0 Å². The molecular formula is C23H19FN4O5. The maximum Gasteiger partial charge on any atom is 0.269 e. The fourth-order valence-corrected chi connectivity index (χ4v) is 3.58. The molecule has 10 heteroatoms. The SMILES string of the molecule is CN(CC(=O)N1N=C(c2ccc([N+](=O)[O-])cc2)C[C@@H]1c1ccco1)C(=O)c1cccc(F)c1. The van der Waals surface area contributed by atoms with E-state index < -0.39 is 28.6 Å². The fraction of sp³-hybridized carbons (Fsp3) is 0.174. The lowest BCUT2D eigenvalue weighted by Gasteiger charge is -2.23. The molecule has 0 N–H and O–H groups in total. The number of carbonyl (C=O) groups excluding carboxylic acids is 2. The van der Waals surface area contributed by atoms with E-state index in [1.54, 1.807) is 24.3 Å². The average molecular weight is 450 g/mol. The zero-order valence-electron chi connectivity index (χ0n) is 17.6. The second-order valence-electron chi connectivity index (χ2n) is 7.50. The Morgan fingerprint density at radius 1 is 1.21 bits per heavy atom. The second-order valence-corrected chi connectivity index (χ2v) is 7.50. The van der Waals surface area contributed by atoms with E-state index in [9.17, 15) is 24.1 Å². The van der Waals surface area contributed by atoms with Crippen molar-refractivity contribution < 1.29 is 23.3 Å². The Labute approximate surface area is 187 Å². The summed E-state index contributed by atoms with van der Waals surface area (Å²) < 4.78 is 19.0. The number of non-ortho nitro benzene ring substituents is 1. The molecular weight excluding hydrogens is 431 g/mol. The molecule has 33 heavy (non-hydrogen) atoms. The molecule has 2 aromatic carbocycles. The number of nitro groups is 1. The number of carbonyl (C=O) groups is 2. The Morgan fingerprint density at radius 3 is 2.61 bits per heavy atom. The molecule has 0 saturated carbocycles. The number of benzene rings is 2. The highest BCUT2D eigenvalue weighted by molar-refractivity contribution is 6.03. The number of nitrogens with zero attached hydrogens (tertiary/aromatic N) is 4. The molecule has 0 radical (unpaired) electrons. The fourth-order valence-electron chi connectivity index (χ4n) is 3.58. The maximum atomic E-state index is 13.5. The van der Waals surface area contributed by atoms with Crippen molar-refractivity contribution in [2.24, 2.45) is 5.10 Å². The molecule has 0 aliphatic carbocycles. The number of hydrogen-bond acceptors (Lipinski definition) is 6. The Balaban J connectivity index is 1.56. The third kappa shape index (κ3) is 4.64. The van der Waals surface area contributed by atoms with Crippen LogP contribution in [-0.2, 0) is 4.79 Å². The van der Waals surface area contributed by atoms with Gasteiger partial charge in [0, 0.05) is 31.2 Å². The van der Waals surface area contributed by atoms with Crippen molar-refractivity contribution >= 4 is 23.2 Å². The molecule has 1 aromatic heterocycles. The molecule has 0 unspecified atom stereocenters. The first-order valence-corrected chi connectivity index (χ1v) is 10.0. The first kappa shape index (κ1) is 21.9. The van der Waals surface area contributed by atoms with Crippen LogP contribution in [0.4, 0.5) is 10.1 Å². The lowest BCUT2D eigenvalue weighted by molar-refractivity contribution is -0.384. The highest BCUT2D eigenvalue weighted by Gasteiger charge is 2.35. The van der Waals surface area contributed by atoms with Crippen molar-refractivity contribution in [3.05, 3.63) is 99.7 Å². The van der Waals surface area contributed by atoms with E-state index in [2.05, 4.69) is 5.10 Å². The van der Waals surface area contributed by atoms with Crippen molar-refractivity contribution in [1.29, 1.82) is 0 Å². The van der Waals surface area contributed by atoms with Crippen molar-refractivity contribution in [2.45, 2.75) is 12.5 Å². The van der Waals surface area contributed by atoms with Crippen LogP contribution in [-0.4, -0.2) is 46.0 Å². The third-order valence-corrected chi connectivity index (χ3v) is 5.24. The summed E-state index contributed by atoms with van der Waals surface area (Å²) in [5.74, 6) is -0.991. The van der Waals surface area contributed by atoms with Crippen molar-refractivity contribution in [3.63, 3.8) is 0 Å². The maximum absolute atomic E-state index is 13.5. The Morgan fingerprint density at radius 2 is 1.97 bits per heavy atom. The van der Waals surface area contributed by atoms with Crippen LogP contribution in [0.3, 0.4) is 0 Å². The first-order valence-electron chi connectivity index (χ1n) is 10.0. The molecule has 0 bridgehead atoms. The van der Waals surface area contributed by atoms with E-state index in [1.165, 1.54) is 53.6 Å². The molecule has 168 valence electrons. The lowest BCUT2D eigenvalue weighted by atomic mass is 10.0.